The number of aryl methyl sites for hydroxylation is 1. The average molecular weight is 332 g/mol. The lowest BCUT2D eigenvalue weighted by Gasteiger charge is -2.04. The zero-order valence-electron chi connectivity index (χ0n) is 11.8. The topological polar surface area (TPSA) is 39.2 Å². The van der Waals surface area contributed by atoms with E-state index in [4.69, 9.17) is 16.3 Å². The highest BCUT2D eigenvalue weighted by molar-refractivity contribution is 7.16. The molecule has 2 aromatic heterocycles. The van der Waals surface area contributed by atoms with Crippen molar-refractivity contribution in [3.05, 3.63) is 63.4 Å². The second-order valence-corrected chi connectivity index (χ2v) is 6.66. The van der Waals surface area contributed by atoms with E-state index in [1.165, 1.54) is 11.3 Å². The van der Waals surface area contributed by atoms with Gasteiger partial charge in [0.15, 0.2) is 0 Å². The van der Waals surface area contributed by atoms with E-state index in [-0.39, 0.29) is 12.6 Å². The van der Waals surface area contributed by atoms with Crippen molar-refractivity contribution in [2.45, 2.75) is 19.4 Å². The SMILES string of the molecule is O=C(CCc1ccc2ccccc2n1)OCc1ccc(Cl)s1. The number of carbonyl (C=O) groups excluding carboxylic acids is 1. The maximum Gasteiger partial charge on any atom is 0.306 e. The van der Waals surface area contributed by atoms with Crippen LogP contribution >= 0.6 is 22.9 Å². The number of aromatic nitrogens is 1. The van der Waals surface area contributed by atoms with E-state index in [9.17, 15) is 4.79 Å². The number of nitrogens with zero attached hydrogens (tertiary/aromatic N) is 1. The molecular weight excluding hydrogens is 318 g/mol. The lowest BCUT2D eigenvalue weighted by atomic mass is 10.1. The van der Waals surface area contributed by atoms with Crippen molar-refractivity contribution < 1.29 is 9.53 Å². The zero-order chi connectivity index (χ0) is 15.4. The third-order valence-electron chi connectivity index (χ3n) is 3.25. The molecule has 0 aliphatic carbocycles. The summed E-state index contributed by atoms with van der Waals surface area (Å²) in [6.45, 7) is 0.279. The molecular formula is C17H14ClNO2S. The Balaban J connectivity index is 1.53. The van der Waals surface area contributed by atoms with Crippen LogP contribution in [0, 0.1) is 0 Å². The Kier molecular flexibility index (Phi) is 4.71. The molecule has 5 heteroatoms. The largest absolute Gasteiger partial charge is 0.460 e. The number of halogens is 1. The van der Waals surface area contributed by atoms with Crippen LogP contribution in [0.25, 0.3) is 10.9 Å². The first kappa shape index (κ1) is 15.0. The summed E-state index contributed by atoms with van der Waals surface area (Å²) < 4.78 is 5.94. The predicted molar refractivity (Wildman–Crippen MR) is 89.2 cm³/mol. The minimum Gasteiger partial charge on any atom is -0.460 e. The second kappa shape index (κ2) is 6.90. The van der Waals surface area contributed by atoms with Gasteiger partial charge in [0.05, 0.1) is 16.3 Å². The monoisotopic (exact) mass is 331 g/mol. The summed E-state index contributed by atoms with van der Waals surface area (Å²) in [4.78, 5) is 17.3. The summed E-state index contributed by atoms with van der Waals surface area (Å²) in [6.07, 6.45) is 0.902. The highest BCUT2D eigenvalue weighted by Gasteiger charge is 2.07. The normalized spacial score (nSPS) is 10.8. The van der Waals surface area contributed by atoms with E-state index in [0.717, 1.165) is 21.5 Å². The molecule has 1 aromatic carbocycles. The van der Waals surface area contributed by atoms with Gasteiger partial charge < -0.3 is 4.74 Å². The van der Waals surface area contributed by atoms with Gasteiger partial charge in [0.25, 0.3) is 0 Å². The van der Waals surface area contributed by atoms with Gasteiger partial charge in [-0.3, -0.25) is 9.78 Å². The number of fused-ring (bicyclic) bond motifs is 1. The number of benzene rings is 1. The Hall–Kier alpha value is -1.91. The van der Waals surface area contributed by atoms with Gasteiger partial charge in [-0.25, -0.2) is 0 Å². The number of rotatable bonds is 5. The average Bonchev–Trinajstić information content (AvgIpc) is 2.96. The van der Waals surface area contributed by atoms with Gasteiger partial charge in [0.1, 0.15) is 6.61 Å². The van der Waals surface area contributed by atoms with Crippen LogP contribution in [0.3, 0.4) is 0 Å². The van der Waals surface area contributed by atoms with Crippen LogP contribution in [0.4, 0.5) is 0 Å². The van der Waals surface area contributed by atoms with Crippen molar-refractivity contribution in [1.29, 1.82) is 0 Å². The number of hydrogen-bond donors (Lipinski definition) is 0. The number of hydrogen-bond acceptors (Lipinski definition) is 4. The highest BCUT2D eigenvalue weighted by Crippen LogP contribution is 2.22. The van der Waals surface area contributed by atoms with Crippen molar-refractivity contribution in [1.82, 2.24) is 4.98 Å². The maximum absolute atomic E-state index is 11.8. The van der Waals surface area contributed by atoms with Crippen LogP contribution in [0.2, 0.25) is 4.34 Å². The molecule has 3 rings (SSSR count). The molecule has 112 valence electrons. The summed E-state index contributed by atoms with van der Waals surface area (Å²) >= 11 is 7.26. The third kappa shape index (κ3) is 3.84. The molecule has 0 atom stereocenters. The van der Waals surface area contributed by atoms with E-state index in [1.807, 2.05) is 42.5 Å². The molecule has 0 unspecified atom stereocenters. The second-order valence-electron chi connectivity index (χ2n) is 4.86. The number of carbonyl (C=O) groups is 1. The van der Waals surface area contributed by atoms with Gasteiger partial charge in [-0.05, 0) is 24.3 Å². The fraction of sp³-hybridized carbons (Fsp3) is 0.176. The molecule has 0 saturated carbocycles. The van der Waals surface area contributed by atoms with Gasteiger partial charge in [-0.15, -0.1) is 11.3 Å². The van der Waals surface area contributed by atoms with Gasteiger partial charge in [0, 0.05) is 22.4 Å². The van der Waals surface area contributed by atoms with E-state index >= 15 is 0 Å². The Morgan fingerprint density at radius 2 is 2.00 bits per heavy atom. The predicted octanol–water partition coefficient (Wildman–Crippen LogP) is 4.63. The van der Waals surface area contributed by atoms with E-state index in [1.54, 1.807) is 6.07 Å². The van der Waals surface area contributed by atoms with Gasteiger partial charge in [0.2, 0.25) is 0 Å². The molecule has 0 aliphatic heterocycles. The van der Waals surface area contributed by atoms with Crippen LogP contribution in [0.5, 0.6) is 0 Å². The van der Waals surface area contributed by atoms with E-state index in [2.05, 4.69) is 4.98 Å². The molecule has 3 aromatic rings. The fourth-order valence-corrected chi connectivity index (χ4v) is 3.13. The summed E-state index contributed by atoms with van der Waals surface area (Å²) in [5, 5.41) is 1.10. The van der Waals surface area contributed by atoms with Crippen LogP contribution < -0.4 is 0 Å². The fourth-order valence-electron chi connectivity index (χ4n) is 2.13. The first-order valence-electron chi connectivity index (χ1n) is 6.95. The number of esters is 1. The molecule has 0 bridgehead atoms. The summed E-state index contributed by atoms with van der Waals surface area (Å²) in [5.74, 6) is -0.223. The summed E-state index contributed by atoms with van der Waals surface area (Å²) in [7, 11) is 0. The van der Waals surface area contributed by atoms with Crippen LogP contribution in [0.15, 0.2) is 48.5 Å². The van der Waals surface area contributed by atoms with Crippen LogP contribution in [-0.2, 0) is 22.6 Å². The van der Waals surface area contributed by atoms with Crippen molar-refractivity contribution >= 4 is 39.8 Å². The van der Waals surface area contributed by atoms with Crippen molar-refractivity contribution in [3.63, 3.8) is 0 Å². The van der Waals surface area contributed by atoms with Gasteiger partial charge in [-0.1, -0.05) is 35.9 Å². The number of pyridine rings is 1. The molecule has 0 aliphatic rings. The lowest BCUT2D eigenvalue weighted by molar-refractivity contribution is -0.144. The number of para-hydroxylation sites is 1. The number of ether oxygens (including phenoxy) is 1. The maximum atomic E-state index is 11.8. The van der Waals surface area contributed by atoms with Crippen LogP contribution in [-0.4, -0.2) is 11.0 Å². The van der Waals surface area contributed by atoms with Gasteiger partial charge >= 0.3 is 5.97 Å². The van der Waals surface area contributed by atoms with Crippen LogP contribution in [0.1, 0.15) is 17.0 Å². The molecule has 0 saturated heterocycles. The highest BCUT2D eigenvalue weighted by atomic mass is 35.5. The Morgan fingerprint density at radius 3 is 2.82 bits per heavy atom. The van der Waals surface area contributed by atoms with Crippen molar-refractivity contribution in [2.75, 3.05) is 0 Å². The third-order valence-corrected chi connectivity index (χ3v) is 4.45. The standard InChI is InChI=1S/C17H14ClNO2S/c18-16-9-8-14(22-16)11-21-17(20)10-7-13-6-5-12-3-1-2-4-15(12)19-13/h1-6,8-9H,7,10-11H2. The van der Waals surface area contributed by atoms with E-state index in [0.29, 0.717) is 17.2 Å². The molecule has 0 N–H and O–H groups in total. The minimum atomic E-state index is -0.223. The quantitative estimate of drug-likeness (QED) is 0.640. The first-order valence-corrected chi connectivity index (χ1v) is 8.15. The molecule has 0 amide bonds. The number of thiophene rings is 1. The lowest BCUT2D eigenvalue weighted by Crippen LogP contribution is -2.06. The zero-order valence-corrected chi connectivity index (χ0v) is 13.4. The first-order chi connectivity index (χ1) is 10.7. The molecule has 22 heavy (non-hydrogen) atoms. The van der Waals surface area contributed by atoms with Crippen molar-refractivity contribution in [3.8, 4) is 0 Å². The molecule has 2 heterocycles. The Morgan fingerprint density at radius 1 is 1.14 bits per heavy atom. The van der Waals surface area contributed by atoms with Crippen molar-refractivity contribution in [2.24, 2.45) is 0 Å². The Labute approximate surface area is 137 Å². The summed E-state index contributed by atoms with van der Waals surface area (Å²) in [6, 6.07) is 15.6. The van der Waals surface area contributed by atoms with E-state index < -0.39 is 0 Å². The minimum absolute atomic E-state index is 0.223. The molecule has 0 radical (unpaired) electrons. The molecule has 0 spiro atoms. The Bertz CT molecular complexity index is 800. The smallest absolute Gasteiger partial charge is 0.306 e. The summed E-state index contributed by atoms with van der Waals surface area (Å²) in [5.41, 5.74) is 1.84. The molecule has 0 fully saturated rings. The van der Waals surface area contributed by atoms with Gasteiger partial charge in [-0.2, -0.15) is 0 Å². The molecule has 3 nitrogen and oxygen atoms in total.